The van der Waals surface area contributed by atoms with E-state index in [1.165, 1.54) is 36.5 Å². The molecule has 0 aromatic heterocycles. The standard InChI is InChI=1S/C14H17F3N2O3S/c1-18(2)8-7-13(20)11-5-4-6-12(9-11)19(3)23(21,22)10-14(15,16)17/h4-9H,10H2,1-3H3. The lowest BCUT2D eigenvalue weighted by molar-refractivity contribution is -0.106. The first-order valence-corrected chi connectivity index (χ1v) is 8.06. The second-order valence-electron chi connectivity index (χ2n) is 5.03. The number of hydrogen-bond acceptors (Lipinski definition) is 4. The summed E-state index contributed by atoms with van der Waals surface area (Å²) < 4.78 is 61.0. The van der Waals surface area contributed by atoms with Gasteiger partial charge in [-0.2, -0.15) is 13.2 Å². The molecule has 0 unspecified atom stereocenters. The Bertz CT molecular complexity index is 697. The van der Waals surface area contributed by atoms with Gasteiger partial charge in [-0.15, -0.1) is 0 Å². The summed E-state index contributed by atoms with van der Waals surface area (Å²) in [6, 6.07) is 5.42. The summed E-state index contributed by atoms with van der Waals surface area (Å²) in [4.78, 5) is 13.6. The number of anilines is 1. The number of benzene rings is 1. The molecule has 0 saturated carbocycles. The Morgan fingerprint density at radius 2 is 1.83 bits per heavy atom. The van der Waals surface area contributed by atoms with Crippen molar-refractivity contribution in [1.82, 2.24) is 4.90 Å². The summed E-state index contributed by atoms with van der Waals surface area (Å²) in [5, 5.41) is 0. The van der Waals surface area contributed by atoms with Crippen molar-refractivity contribution in [1.29, 1.82) is 0 Å². The Morgan fingerprint density at radius 1 is 1.22 bits per heavy atom. The summed E-state index contributed by atoms with van der Waals surface area (Å²) in [6.07, 6.45) is -2.04. The normalized spacial score (nSPS) is 12.4. The minimum absolute atomic E-state index is 0.0154. The van der Waals surface area contributed by atoms with E-state index in [1.807, 2.05) is 0 Å². The fourth-order valence-electron chi connectivity index (χ4n) is 1.63. The van der Waals surface area contributed by atoms with Crippen molar-refractivity contribution in [2.24, 2.45) is 0 Å². The fraction of sp³-hybridized carbons (Fsp3) is 0.357. The van der Waals surface area contributed by atoms with Gasteiger partial charge in [-0.05, 0) is 12.1 Å². The number of hydrogen-bond donors (Lipinski definition) is 0. The van der Waals surface area contributed by atoms with Crippen LogP contribution in [0.1, 0.15) is 10.4 Å². The van der Waals surface area contributed by atoms with Crippen molar-refractivity contribution in [2.45, 2.75) is 6.18 Å². The van der Waals surface area contributed by atoms with Crippen molar-refractivity contribution in [3.8, 4) is 0 Å². The molecule has 5 nitrogen and oxygen atoms in total. The number of allylic oxidation sites excluding steroid dienone is 1. The largest absolute Gasteiger partial charge is 0.404 e. The predicted molar refractivity (Wildman–Crippen MR) is 81.8 cm³/mol. The molecule has 9 heteroatoms. The van der Waals surface area contributed by atoms with E-state index in [1.54, 1.807) is 19.0 Å². The molecule has 1 rings (SSSR count). The van der Waals surface area contributed by atoms with Gasteiger partial charge in [0.25, 0.3) is 0 Å². The average Bonchev–Trinajstić information content (AvgIpc) is 2.41. The lowest BCUT2D eigenvalue weighted by Crippen LogP contribution is -2.35. The minimum atomic E-state index is -4.84. The SMILES string of the molecule is CN(C)C=CC(=O)c1cccc(N(C)S(=O)(=O)CC(F)(F)F)c1. The predicted octanol–water partition coefficient (Wildman–Crippen LogP) is 2.27. The van der Waals surface area contributed by atoms with Crippen LogP contribution in [0, 0.1) is 0 Å². The molecule has 0 atom stereocenters. The molecule has 128 valence electrons. The molecule has 0 bridgehead atoms. The van der Waals surface area contributed by atoms with Gasteiger partial charge in [0, 0.05) is 39.0 Å². The smallest absolute Gasteiger partial charge is 0.383 e. The van der Waals surface area contributed by atoms with Crippen molar-refractivity contribution < 1.29 is 26.4 Å². The molecule has 0 aliphatic carbocycles. The number of nitrogens with zero attached hydrogens (tertiary/aromatic N) is 2. The van der Waals surface area contributed by atoms with E-state index in [0.29, 0.717) is 4.31 Å². The molecule has 0 aliphatic heterocycles. The van der Waals surface area contributed by atoms with Gasteiger partial charge in [0.15, 0.2) is 11.5 Å². The van der Waals surface area contributed by atoms with Crippen molar-refractivity contribution >= 4 is 21.5 Å². The van der Waals surface area contributed by atoms with Gasteiger partial charge in [-0.25, -0.2) is 8.42 Å². The van der Waals surface area contributed by atoms with Gasteiger partial charge in [-0.3, -0.25) is 9.10 Å². The van der Waals surface area contributed by atoms with Crippen LogP contribution in [0.25, 0.3) is 0 Å². The number of sulfonamides is 1. The molecule has 1 aromatic carbocycles. The molecular formula is C14H17F3N2O3S. The summed E-state index contributed by atoms with van der Waals surface area (Å²) in [6.45, 7) is 0. The van der Waals surface area contributed by atoms with Gasteiger partial charge in [0.1, 0.15) is 0 Å². The van der Waals surface area contributed by atoms with Crippen LogP contribution in [0.15, 0.2) is 36.5 Å². The molecule has 23 heavy (non-hydrogen) atoms. The van der Waals surface area contributed by atoms with E-state index in [-0.39, 0.29) is 17.0 Å². The van der Waals surface area contributed by atoms with Crippen LogP contribution in [-0.2, 0) is 10.0 Å². The summed E-state index contributed by atoms with van der Waals surface area (Å²) in [7, 11) is -0.114. The molecule has 0 aliphatic rings. The van der Waals surface area contributed by atoms with Gasteiger partial charge < -0.3 is 4.90 Å². The summed E-state index contributed by atoms with van der Waals surface area (Å²) >= 11 is 0. The molecule has 0 fully saturated rings. The van der Waals surface area contributed by atoms with E-state index in [9.17, 15) is 26.4 Å². The summed E-state index contributed by atoms with van der Waals surface area (Å²) in [5.41, 5.74) is 0.160. The molecule has 0 saturated heterocycles. The minimum Gasteiger partial charge on any atom is -0.383 e. The molecule has 0 radical (unpaired) electrons. The van der Waals surface area contributed by atoms with Gasteiger partial charge in [-0.1, -0.05) is 12.1 Å². The van der Waals surface area contributed by atoms with Gasteiger partial charge in [0.2, 0.25) is 10.0 Å². The Labute approximate surface area is 133 Å². The highest BCUT2D eigenvalue weighted by atomic mass is 32.2. The number of alkyl halides is 3. The number of carbonyl (C=O) groups excluding carboxylic acids is 1. The van der Waals surface area contributed by atoms with Crippen LogP contribution in [0.2, 0.25) is 0 Å². The van der Waals surface area contributed by atoms with Gasteiger partial charge >= 0.3 is 6.18 Å². The van der Waals surface area contributed by atoms with E-state index < -0.39 is 22.0 Å². The first-order valence-electron chi connectivity index (χ1n) is 6.45. The average molecular weight is 350 g/mol. The molecule has 1 aromatic rings. The number of ketones is 1. The molecule has 0 spiro atoms. The third-order valence-electron chi connectivity index (χ3n) is 2.78. The van der Waals surface area contributed by atoms with Crippen molar-refractivity contribution in [3.05, 3.63) is 42.1 Å². The molecule has 0 amide bonds. The van der Waals surface area contributed by atoms with E-state index in [4.69, 9.17) is 0 Å². The number of carbonyl (C=O) groups is 1. The molecule has 0 heterocycles. The van der Waals surface area contributed by atoms with Crippen LogP contribution in [0.4, 0.5) is 18.9 Å². The number of rotatable bonds is 6. The second-order valence-corrected chi connectivity index (χ2v) is 7.03. The van der Waals surface area contributed by atoms with Crippen LogP contribution >= 0.6 is 0 Å². The zero-order chi connectivity index (χ0) is 17.8. The highest BCUT2D eigenvalue weighted by molar-refractivity contribution is 7.92. The maximum absolute atomic E-state index is 12.3. The highest BCUT2D eigenvalue weighted by Gasteiger charge is 2.37. The quantitative estimate of drug-likeness (QED) is 0.583. The maximum atomic E-state index is 12.3. The Morgan fingerprint density at radius 3 is 2.35 bits per heavy atom. The van der Waals surface area contributed by atoms with E-state index in [0.717, 1.165) is 7.05 Å². The highest BCUT2D eigenvalue weighted by Crippen LogP contribution is 2.24. The zero-order valence-electron chi connectivity index (χ0n) is 12.8. The van der Waals surface area contributed by atoms with Crippen LogP contribution in [0.3, 0.4) is 0 Å². The fourth-order valence-corrected chi connectivity index (χ4v) is 2.67. The maximum Gasteiger partial charge on any atom is 0.404 e. The lowest BCUT2D eigenvalue weighted by atomic mass is 10.1. The van der Waals surface area contributed by atoms with Crippen molar-refractivity contribution in [2.75, 3.05) is 31.2 Å². The zero-order valence-corrected chi connectivity index (χ0v) is 13.6. The van der Waals surface area contributed by atoms with Crippen LogP contribution in [0.5, 0.6) is 0 Å². The molecular weight excluding hydrogens is 333 g/mol. The Balaban J connectivity index is 3.07. The van der Waals surface area contributed by atoms with E-state index in [2.05, 4.69) is 0 Å². The van der Waals surface area contributed by atoms with Crippen LogP contribution < -0.4 is 4.31 Å². The first kappa shape index (κ1) is 19.0. The second kappa shape index (κ2) is 7.03. The molecule has 0 N–H and O–H groups in total. The third-order valence-corrected chi connectivity index (χ3v) is 4.52. The Kier molecular flexibility index (Phi) is 5.81. The Hall–Kier alpha value is -2.03. The third kappa shape index (κ3) is 5.93. The van der Waals surface area contributed by atoms with Gasteiger partial charge in [0.05, 0.1) is 5.69 Å². The topological polar surface area (TPSA) is 57.7 Å². The summed E-state index contributed by atoms with van der Waals surface area (Å²) in [5.74, 6) is -2.35. The van der Waals surface area contributed by atoms with E-state index >= 15 is 0 Å². The van der Waals surface area contributed by atoms with Crippen LogP contribution in [-0.4, -0.2) is 52.2 Å². The monoisotopic (exact) mass is 350 g/mol. The number of halogens is 3. The first-order chi connectivity index (χ1) is 10.4. The lowest BCUT2D eigenvalue weighted by Gasteiger charge is -2.20. The van der Waals surface area contributed by atoms with Crippen molar-refractivity contribution in [3.63, 3.8) is 0 Å².